The first kappa shape index (κ1) is 56.9. The number of ether oxygens (including phenoxy) is 3. The summed E-state index contributed by atoms with van der Waals surface area (Å²) in [5.41, 5.74) is -0.333. The quantitative estimate of drug-likeness (QED) is 0.0926. The summed E-state index contributed by atoms with van der Waals surface area (Å²) < 4.78 is 18.5. The van der Waals surface area contributed by atoms with Crippen molar-refractivity contribution >= 4 is 41.4 Å². The fourth-order valence-corrected chi connectivity index (χ4v) is 9.86. The molecule has 1 aromatic carbocycles. The predicted molar refractivity (Wildman–Crippen MR) is 258 cm³/mol. The van der Waals surface area contributed by atoms with E-state index in [4.69, 9.17) is 19.0 Å². The van der Waals surface area contributed by atoms with Crippen LogP contribution in [0, 0.1) is 29.1 Å². The van der Waals surface area contributed by atoms with Gasteiger partial charge in [0.2, 0.25) is 23.6 Å². The van der Waals surface area contributed by atoms with Gasteiger partial charge in [0.15, 0.2) is 0 Å². The first-order valence-electron chi connectivity index (χ1n) is 25.0. The second-order valence-electron chi connectivity index (χ2n) is 20.3. The van der Waals surface area contributed by atoms with Crippen LogP contribution in [0.5, 0.6) is 0 Å². The lowest BCUT2D eigenvalue weighted by molar-refractivity contribution is -0.205. The number of imide groups is 1. The van der Waals surface area contributed by atoms with Crippen LogP contribution in [0.1, 0.15) is 138 Å². The van der Waals surface area contributed by atoms with Gasteiger partial charge in [-0.05, 0) is 75.7 Å². The number of likely N-dealkylation sites (tertiary alicyclic amines) is 1. The van der Waals surface area contributed by atoms with Crippen molar-refractivity contribution < 1.29 is 57.7 Å². The normalized spacial score (nSPS) is 24.3. The van der Waals surface area contributed by atoms with Crippen LogP contribution in [0.3, 0.4) is 0 Å². The van der Waals surface area contributed by atoms with E-state index in [0.717, 1.165) is 0 Å². The molecule has 17 nitrogen and oxygen atoms in total. The molecule has 2 fully saturated rings. The largest absolute Gasteiger partial charge is 0.386 e. The Morgan fingerprint density at radius 2 is 1.54 bits per heavy atom. The van der Waals surface area contributed by atoms with Crippen molar-refractivity contribution in [3.8, 4) is 0 Å². The summed E-state index contributed by atoms with van der Waals surface area (Å²) in [6.07, 6.45) is 3.52. The Morgan fingerprint density at radius 1 is 0.884 bits per heavy atom. The summed E-state index contributed by atoms with van der Waals surface area (Å²) in [4.78, 5) is 103. The SMILES string of the molecule is CC[C@H](C)[C@@H]([C@@H](CC(=O)N1CCC[C@H]1[C@H](OC)[C@@H](C)C(=O)N[C@H](C)[C@@H](O)c1ccccc1)OC)N(C)C(=O)[C@@H](NC(=O)[C@@H](OC1/C=C/CCC(C)(C(=O)ON2C(=O)CCC2=O)CC1)C(C)C)C(C)C. The van der Waals surface area contributed by atoms with Crippen molar-refractivity contribution in [3.63, 3.8) is 0 Å². The highest BCUT2D eigenvalue weighted by molar-refractivity contribution is 6.01. The van der Waals surface area contributed by atoms with Gasteiger partial charge in [-0.1, -0.05) is 97.4 Å². The molecule has 69 heavy (non-hydrogen) atoms. The van der Waals surface area contributed by atoms with Gasteiger partial charge in [0, 0.05) is 40.7 Å². The van der Waals surface area contributed by atoms with Crippen LogP contribution < -0.4 is 10.6 Å². The molecule has 0 radical (unpaired) electrons. The number of rotatable bonds is 23. The molecule has 2 heterocycles. The number of nitrogens with zero attached hydrogens (tertiary/aromatic N) is 3. The minimum Gasteiger partial charge on any atom is -0.386 e. The summed E-state index contributed by atoms with van der Waals surface area (Å²) in [7, 11) is 4.74. The highest BCUT2D eigenvalue weighted by Gasteiger charge is 2.45. The Labute approximate surface area is 409 Å². The molecular formula is C52H81N5O12. The number of methoxy groups -OCH3 is 2. The molecule has 1 aliphatic carbocycles. The van der Waals surface area contributed by atoms with Gasteiger partial charge in [0.25, 0.3) is 11.8 Å². The average Bonchev–Trinajstić information content (AvgIpc) is 3.93. The van der Waals surface area contributed by atoms with E-state index in [-0.39, 0.29) is 54.7 Å². The lowest BCUT2D eigenvalue weighted by Crippen LogP contribution is -2.59. The summed E-state index contributed by atoms with van der Waals surface area (Å²) in [6, 6.07) is 6.63. The molecular weight excluding hydrogens is 887 g/mol. The molecule has 0 spiro atoms. The van der Waals surface area contributed by atoms with Crippen molar-refractivity contribution in [3.05, 3.63) is 48.0 Å². The molecule has 0 bridgehead atoms. The molecule has 0 saturated carbocycles. The van der Waals surface area contributed by atoms with E-state index in [0.29, 0.717) is 62.1 Å². The number of aliphatic hydroxyl groups excluding tert-OH is 1. The lowest BCUT2D eigenvalue weighted by Gasteiger charge is -2.41. The van der Waals surface area contributed by atoms with Gasteiger partial charge in [0.1, 0.15) is 12.1 Å². The molecule has 2 saturated heterocycles. The first-order valence-corrected chi connectivity index (χ1v) is 25.0. The zero-order valence-electron chi connectivity index (χ0n) is 43.1. The molecule has 1 aromatic rings. The Morgan fingerprint density at radius 3 is 2.12 bits per heavy atom. The van der Waals surface area contributed by atoms with E-state index in [1.54, 1.807) is 49.8 Å². The van der Waals surface area contributed by atoms with Crippen LogP contribution in [0.4, 0.5) is 0 Å². The number of aliphatic hydroxyl groups is 1. The highest BCUT2D eigenvalue weighted by Crippen LogP contribution is 2.36. The van der Waals surface area contributed by atoms with Crippen LogP contribution >= 0.6 is 0 Å². The van der Waals surface area contributed by atoms with Crippen LogP contribution in [0.2, 0.25) is 0 Å². The smallest absolute Gasteiger partial charge is 0.339 e. The van der Waals surface area contributed by atoms with E-state index in [2.05, 4.69) is 10.6 Å². The number of hydrogen-bond acceptors (Lipinski definition) is 12. The van der Waals surface area contributed by atoms with Gasteiger partial charge in [-0.15, -0.1) is 5.06 Å². The number of likely N-dealkylation sites (N-methyl/N-ethyl adjacent to an activating group) is 1. The Balaban J connectivity index is 1.44. The van der Waals surface area contributed by atoms with Crippen molar-refractivity contribution in [2.45, 2.75) is 181 Å². The third-order valence-corrected chi connectivity index (χ3v) is 14.5. The molecule has 4 rings (SSSR count). The number of hydroxylamine groups is 2. The van der Waals surface area contributed by atoms with Crippen LogP contribution in [0.25, 0.3) is 0 Å². The summed E-state index contributed by atoms with van der Waals surface area (Å²) in [5, 5.41) is 17.4. The Kier molecular flexibility index (Phi) is 21.4. The summed E-state index contributed by atoms with van der Waals surface area (Å²) in [6.45, 7) is 17.1. The molecule has 17 heteroatoms. The monoisotopic (exact) mass is 968 g/mol. The molecule has 3 aliphatic rings. The van der Waals surface area contributed by atoms with E-state index in [1.807, 2.05) is 71.9 Å². The maximum Gasteiger partial charge on any atom is 0.339 e. The van der Waals surface area contributed by atoms with Gasteiger partial charge in [-0.3, -0.25) is 28.8 Å². The maximum atomic E-state index is 14.7. The van der Waals surface area contributed by atoms with Crippen molar-refractivity contribution in [2.75, 3.05) is 27.8 Å². The van der Waals surface area contributed by atoms with E-state index < -0.39 is 89.7 Å². The fourth-order valence-electron chi connectivity index (χ4n) is 9.86. The van der Waals surface area contributed by atoms with Gasteiger partial charge in [-0.2, -0.15) is 0 Å². The number of benzene rings is 1. The number of amides is 6. The molecule has 2 aliphatic heterocycles. The fraction of sp³-hybridized carbons (Fsp3) is 0.712. The number of hydrogen-bond donors (Lipinski definition) is 3. The minimum atomic E-state index is -1.02. The zero-order valence-corrected chi connectivity index (χ0v) is 43.1. The number of allylic oxidation sites excluding steroid dienone is 1. The van der Waals surface area contributed by atoms with E-state index >= 15 is 0 Å². The van der Waals surface area contributed by atoms with Crippen LogP contribution in [0.15, 0.2) is 42.5 Å². The topological polar surface area (TPSA) is 210 Å². The summed E-state index contributed by atoms with van der Waals surface area (Å²) >= 11 is 0. The van der Waals surface area contributed by atoms with Gasteiger partial charge in [0.05, 0.1) is 60.3 Å². The second kappa shape index (κ2) is 25.9. The van der Waals surface area contributed by atoms with Crippen LogP contribution in [-0.4, -0.2) is 138 Å². The average molecular weight is 968 g/mol. The van der Waals surface area contributed by atoms with Gasteiger partial charge < -0.3 is 44.6 Å². The second-order valence-corrected chi connectivity index (χ2v) is 20.3. The van der Waals surface area contributed by atoms with Crippen LogP contribution in [-0.2, 0) is 52.6 Å². The standard InChI is InChI=1S/C52H81N5O12/c1-13-33(6)44(39(66-11)30-42(60)56-29-19-23-38(56)47(67-12)34(7)48(62)53-35(8)45(61)36-20-15-14-16-21-36)55(10)50(64)43(31(2)3)54-49(63)46(32(4)5)68-37-22-17-18-27-52(9,28-26-37)51(65)69-57-40(58)24-25-41(57)59/h14-17,20-22,31-35,37-39,43-47,61H,13,18-19,23-30H2,1-12H3,(H,53,62)(H,54,63)/b22-17+/t33-,34+,35+,37?,38-,39+,43-,44-,45+,46-,47+,52?/m0/s1. The molecule has 12 atom stereocenters. The third kappa shape index (κ3) is 14.4. The van der Waals surface area contributed by atoms with E-state index in [1.165, 1.54) is 14.2 Å². The first-order chi connectivity index (χ1) is 32.6. The highest BCUT2D eigenvalue weighted by atomic mass is 16.7. The number of nitrogens with one attached hydrogen (secondary N) is 2. The lowest BCUT2D eigenvalue weighted by atomic mass is 9.79. The van der Waals surface area contributed by atoms with Gasteiger partial charge >= 0.3 is 5.97 Å². The molecule has 2 unspecified atom stereocenters. The minimum absolute atomic E-state index is 0.00288. The summed E-state index contributed by atoms with van der Waals surface area (Å²) in [5.74, 6) is -4.47. The number of carbonyl (C=O) groups is 7. The molecule has 6 amide bonds. The van der Waals surface area contributed by atoms with Gasteiger partial charge in [-0.25, -0.2) is 4.79 Å². The third-order valence-electron chi connectivity index (χ3n) is 14.5. The molecule has 0 aromatic heterocycles. The Bertz CT molecular complexity index is 1930. The molecule has 3 N–H and O–H groups in total. The number of carbonyl (C=O) groups excluding carboxylic acids is 7. The Hall–Kier alpha value is -4.71. The molecule has 386 valence electrons. The van der Waals surface area contributed by atoms with E-state index in [9.17, 15) is 38.7 Å². The maximum absolute atomic E-state index is 14.7. The van der Waals surface area contributed by atoms with Crippen molar-refractivity contribution in [1.82, 2.24) is 25.5 Å². The van der Waals surface area contributed by atoms with Crippen molar-refractivity contribution in [2.24, 2.45) is 29.1 Å². The predicted octanol–water partition coefficient (Wildman–Crippen LogP) is 5.44. The van der Waals surface area contributed by atoms with Crippen molar-refractivity contribution in [1.29, 1.82) is 0 Å². The zero-order chi connectivity index (χ0) is 51.3.